The average Bonchev–Trinajstić information content (AvgIpc) is 2.97. The maximum atomic E-state index is 12.2. The summed E-state index contributed by atoms with van der Waals surface area (Å²) in [6.07, 6.45) is 7.57. The van der Waals surface area contributed by atoms with E-state index in [1.54, 1.807) is 6.07 Å². The Balaban J connectivity index is 1.53. The molecule has 9 atom stereocenters. The average molecular weight is 403 g/mol. The van der Waals surface area contributed by atoms with Gasteiger partial charge in [-0.25, -0.2) is 4.79 Å². The largest absolute Gasteiger partial charge is 0.431 e. The van der Waals surface area contributed by atoms with E-state index in [0.717, 1.165) is 44.1 Å². The van der Waals surface area contributed by atoms with Gasteiger partial charge in [-0.1, -0.05) is 13.8 Å². The molecule has 0 bridgehead atoms. The minimum Gasteiger partial charge on any atom is -0.431 e. The Kier molecular flexibility index (Phi) is 4.37. The molecule has 0 amide bonds. The molecule has 1 aromatic heterocycles. The van der Waals surface area contributed by atoms with Crippen molar-refractivity contribution in [3.05, 3.63) is 34.4 Å². The van der Waals surface area contributed by atoms with Gasteiger partial charge in [-0.2, -0.15) is 0 Å². The lowest BCUT2D eigenvalue weighted by atomic mass is 9.42. The van der Waals surface area contributed by atoms with Crippen LogP contribution in [-0.4, -0.2) is 33.1 Å². The fraction of sp³-hybridized carbons (Fsp3) is 0.792. The van der Waals surface area contributed by atoms with Crippen molar-refractivity contribution in [1.82, 2.24) is 0 Å². The van der Waals surface area contributed by atoms with Crippen molar-refractivity contribution in [2.75, 3.05) is 0 Å². The monoisotopic (exact) mass is 402 g/mol. The van der Waals surface area contributed by atoms with Crippen LogP contribution in [0.5, 0.6) is 0 Å². The fourth-order valence-corrected chi connectivity index (χ4v) is 8.29. The van der Waals surface area contributed by atoms with Crippen molar-refractivity contribution in [2.45, 2.75) is 88.9 Å². The highest BCUT2D eigenvalue weighted by Crippen LogP contribution is 2.70. The molecule has 1 heterocycles. The smallest absolute Gasteiger partial charge is 0.335 e. The second-order valence-corrected chi connectivity index (χ2v) is 10.9. The summed E-state index contributed by atoms with van der Waals surface area (Å²) in [5.74, 6) is 0.919. The molecular weight excluding hydrogens is 368 g/mol. The van der Waals surface area contributed by atoms with Crippen LogP contribution in [0.4, 0.5) is 0 Å². The first kappa shape index (κ1) is 19.8. The molecule has 160 valence electrons. The van der Waals surface area contributed by atoms with Crippen LogP contribution in [0.15, 0.2) is 27.6 Å². The van der Waals surface area contributed by atoms with Crippen LogP contribution >= 0.6 is 0 Å². The molecule has 4 aliphatic carbocycles. The summed E-state index contributed by atoms with van der Waals surface area (Å²) < 4.78 is 5.12. The van der Waals surface area contributed by atoms with Gasteiger partial charge in [0.15, 0.2) is 0 Å². The van der Waals surface area contributed by atoms with Crippen molar-refractivity contribution in [1.29, 1.82) is 0 Å². The molecular formula is C24H34O5. The molecule has 29 heavy (non-hydrogen) atoms. The quantitative estimate of drug-likeness (QED) is 0.671. The molecule has 0 saturated heterocycles. The number of rotatable bonds is 1. The molecule has 0 unspecified atom stereocenters. The van der Waals surface area contributed by atoms with E-state index in [9.17, 15) is 20.1 Å². The zero-order valence-corrected chi connectivity index (χ0v) is 17.5. The zero-order chi connectivity index (χ0) is 20.6. The summed E-state index contributed by atoms with van der Waals surface area (Å²) in [6.45, 7) is 4.40. The van der Waals surface area contributed by atoms with Crippen LogP contribution in [0.1, 0.15) is 76.7 Å². The summed E-state index contributed by atoms with van der Waals surface area (Å²) in [6, 6.07) is 3.24. The number of aliphatic hydroxyl groups is 3. The Hall–Kier alpha value is -1.17. The Morgan fingerprint density at radius 3 is 2.52 bits per heavy atom. The number of hydrogen-bond donors (Lipinski definition) is 3. The highest BCUT2D eigenvalue weighted by atomic mass is 16.4. The van der Waals surface area contributed by atoms with Crippen molar-refractivity contribution in [3.63, 3.8) is 0 Å². The first-order valence-electron chi connectivity index (χ1n) is 11.4. The molecule has 0 aromatic carbocycles. The van der Waals surface area contributed by atoms with Gasteiger partial charge in [0, 0.05) is 11.5 Å². The van der Waals surface area contributed by atoms with Gasteiger partial charge in [0.1, 0.15) is 0 Å². The van der Waals surface area contributed by atoms with Gasteiger partial charge < -0.3 is 19.7 Å². The predicted octanol–water partition coefficient (Wildman–Crippen LogP) is 3.21. The van der Waals surface area contributed by atoms with E-state index in [0.29, 0.717) is 18.8 Å². The third-order valence-corrected chi connectivity index (χ3v) is 10.0. The fourth-order valence-electron chi connectivity index (χ4n) is 8.29. The van der Waals surface area contributed by atoms with Crippen LogP contribution in [0, 0.1) is 28.6 Å². The zero-order valence-electron chi connectivity index (χ0n) is 17.5. The standard InChI is InChI=1S/C24H34O5/c1-22-9-7-16(25)11-15(22)4-5-18-19(22)12-20(26)23(2)17(8-10-24(18,23)28)14-3-6-21(27)29-13-14/h3,6,13,15-20,25-26,28H,4-5,7-12H2,1-2H3/t15-,16-,17+,18+,19-,20+,22-,23-,24-/m0/s1. The van der Waals surface area contributed by atoms with Crippen molar-refractivity contribution >= 4 is 0 Å². The number of hydrogen-bond acceptors (Lipinski definition) is 5. The van der Waals surface area contributed by atoms with E-state index in [1.165, 1.54) is 12.3 Å². The van der Waals surface area contributed by atoms with E-state index < -0.39 is 17.1 Å². The molecule has 3 N–H and O–H groups in total. The van der Waals surface area contributed by atoms with Crippen LogP contribution in [0.2, 0.25) is 0 Å². The minimum atomic E-state index is -0.916. The lowest BCUT2D eigenvalue weighted by Gasteiger charge is -2.64. The Morgan fingerprint density at radius 2 is 1.79 bits per heavy atom. The summed E-state index contributed by atoms with van der Waals surface area (Å²) >= 11 is 0. The van der Waals surface area contributed by atoms with Crippen LogP contribution in [0.3, 0.4) is 0 Å². The summed E-state index contributed by atoms with van der Waals surface area (Å²) in [4.78, 5) is 11.4. The predicted molar refractivity (Wildman–Crippen MR) is 108 cm³/mol. The van der Waals surface area contributed by atoms with E-state index in [2.05, 4.69) is 13.8 Å². The van der Waals surface area contributed by atoms with Gasteiger partial charge in [-0.3, -0.25) is 0 Å². The Bertz CT molecular complexity index is 829. The molecule has 0 radical (unpaired) electrons. The third kappa shape index (κ3) is 2.53. The van der Waals surface area contributed by atoms with Gasteiger partial charge in [-0.15, -0.1) is 0 Å². The molecule has 0 aliphatic heterocycles. The van der Waals surface area contributed by atoms with Gasteiger partial charge in [-0.05, 0) is 92.1 Å². The molecule has 4 saturated carbocycles. The van der Waals surface area contributed by atoms with Gasteiger partial charge in [0.05, 0.1) is 24.1 Å². The van der Waals surface area contributed by atoms with Crippen LogP contribution in [-0.2, 0) is 0 Å². The molecule has 1 aromatic rings. The highest BCUT2D eigenvalue weighted by Gasteiger charge is 2.70. The molecule has 5 nitrogen and oxygen atoms in total. The van der Waals surface area contributed by atoms with Crippen molar-refractivity contribution in [3.8, 4) is 0 Å². The second kappa shape index (κ2) is 6.41. The van der Waals surface area contributed by atoms with Crippen molar-refractivity contribution in [2.24, 2.45) is 28.6 Å². The van der Waals surface area contributed by atoms with E-state index in [4.69, 9.17) is 4.42 Å². The van der Waals surface area contributed by atoms with E-state index >= 15 is 0 Å². The van der Waals surface area contributed by atoms with Gasteiger partial charge in [0.2, 0.25) is 0 Å². The summed E-state index contributed by atoms with van der Waals surface area (Å²) in [7, 11) is 0. The molecule has 5 rings (SSSR count). The molecule has 0 spiro atoms. The first-order chi connectivity index (χ1) is 13.7. The minimum absolute atomic E-state index is 0.0218. The topological polar surface area (TPSA) is 90.9 Å². The molecule has 4 fully saturated rings. The lowest BCUT2D eigenvalue weighted by Crippen LogP contribution is -2.66. The van der Waals surface area contributed by atoms with Crippen molar-refractivity contribution < 1.29 is 19.7 Å². The SMILES string of the molecule is C[C@]12CC[C@H](O)C[C@@H]1CC[C@@H]1[C@@H]2C[C@@H](O)[C@]2(C)[C@@H](c3ccc(=O)oc3)CC[C@]12O. The van der Waals surface area contributed by atoms with Gasteiger partial charge >= 0.3 is 5.63 Å². The number of fused-ring (bicyclic) bond motifs is 5. The molecule has 5 heteroatoms. The van der Waals surface area contributed by atoms with Gasteiger partial charge in [0.25, 0.3) is 0 Å². The van der Waals surface area contributed by atoms with E-state index in [1.807, 2.05) is 0 Å². The number of aliphatic hydroxyl groups excluding tert-OH is 2. The normalized spacial score (nSPS) is 51.8. The first-order valence-corrected chi connectivity index (χ1v) is 11.4. The summed E-state index contributed by atoms with van der Waals surface area (Å²) in [5.41, 5.74) is -0.952. The maximum Gasteiger partial charge on any atom is 0.335 e. The van der Waals surface area contributed by atoms with E-state index in [-0.39, 0.29) is 34.9 Å². The molecule has 4 aliphatic rings. The Labute approximate surface area is 172 Å². The summed E-state index contributed by atoms with van der Waals surface area (Å²) in [5, 5.41) is 33.9. The second-order valence-electron chi connectivity index (χ2n) is 10.9. The lowest BCUT2D eigenvalue weighted by molar-refractivity contribution is -0.241. The third-order valence-electron chi connectivity index (χ3n) is 10.0. The van der Waals surface area contributed by atoms with Crippen LogP contribution in [0.25, 0.3) is 0 Å². The maximum absolute atomic E-state index is 12.2. The van der Waals surface area contributed by atoms with Crippen LogP contribution < -0.4 is 5.63 Å². The highest BCUT2D eigenvalue weighted by molar-refractivity contribution is 5.28. The Morgan fingerprint density at radius 1 is 1.00 bits per heavy atom.